The van der Waals surface area contributed by atoms with Gasteiger partial charge in [-0.05, 0) is 31.0 Å². The number of aromatic carboxylic acids is 1. The van der Waals surface area contributed by atoms with Crippen molar-refractivity contribution in [3.05, 3.63) is 28.8 Å². The number of rotatable bonds is 3. The van der Waals surface area contributed by atoms with Gasteiger partial charge in [-0.15, -0.1) is 0 Å². The number of halogens is 1. The molecule has 0 spiro atoms. The van der Waals surface area contributed by atoms with E-state index in [1.807, 2.05) is 0 Å². The maximum atomic E-state index is 12.3. The summed E-state index contributed by atoms with van der Waals surface area (Å²) in [4.78, 5) is 10.9. The maximum absolute atomic E-state index is 12.3. The normalized spacial score (nSPS) is 16.9. The zero-order valence-electron chi connectivity index (χ0n) is 9.60. The SMILES string of the molecule is O=C(O)c1ccc(S(=O)(=O)C2CCCC2)cc1Cl. The van der Waals surface area contributed by atoms with Gasteiger partial charge in [0.05, 0.1) is 20.7 Å². The van der Waals surface area contributed by atoms with Crippen molar-refractivity contribution < 1.29 is 18.3 Å². The Labute approximate surface area is 110 Å². The van der Waals surface area contributed by atoms with E-state index in [1.54, 1.807) is 0 Å². The Balaban J connectivity index is 2.40. The lowest BCUT2D eigenvalue weighted by Gasteiger charge is -2.11. The van der Waals surface area contributed by atoms with Crippen LogP contribution in [0.5, 0.6) is 0 Å². The monoisotopic (exact) mass is 288 g/mol. The highest BCUT2D eigenvalue weighted by atomic mass is 35.5. The molecule has 0 atom stereocenters. The van der Waals surface area contributed by atoms with Crippen LogP contribution in [0.2, 0.25) is 5.02 Å². The number of carboxylic acids is 1. The first-order valence-corrected chi connectivity index (χ1v) is 7.62. The quantitative estimate of drug-likeness (QED) is 0.928. The molecule has 2 rings (SSSR count). The van der Waals surface area contributed by atoms with E-state index >= 15 is 0 Å². The minimum Gasteiger partial charge on any atom is -0.478 e. The van der Waals surface area contributed by atoms with E-state index in [-0.39, 0.29) is 20.7 Å². The van der Waals surface area contributed by atoms with Crippen molar-refractivity contribution in [3.8, 4) is 0 Å². The summed E-state index contributed by atoms with van der Waals surface area (Å²) < 4.78 is 24.5. The fraction of sp³-hybridized carbons (Fsp3) is 0.417. The molecule has 0 amide bonds. The van der Waals surface area contributed by atoms with Crippen LogP contribution in [0, 0.1) is 0 Å². The lowest BCUT2D eigenvalue weighted by Crippen LogP contribution is -2.18. The van der Waals surface area contributed by atoms with Gasteiger partial charge in [-0.3, -0.25) is 0 Å². The topological polar surface area (TPSA) is 71.4 Å². The van der Waals surface area contributed by atoms with Crippen LogP contribution in [-0.4, -0.2) is 24.7 Å². The standard InChI is InChI=1S/C12H13ClO4S/c13-11-7-9(5-6-10(11)12(14)15)18(16,17)8-3-1-2-4-8/h5-8H,1-4H2,(H,14,15). The highest BCUT2D eigenvalue weighted by Crippen LogP contribution is 2.31. The van der Waals surface area contributed by atoms with Crippen molar-refractivity contribution in [2.24, 2.45) is 0 Å². The molecule has 0 saturated heterocycles. The molecule has 0 radical (unpaired) electrons. The molecule has 1 aliphatic rings. The smallest absolute Gasteiger partial charge is 0.337 e. The van der Waals surface area contributed by atoms with E-state index in [4.69, 9.17) is 16.7 Å². The average molecular weight is 289 g/mol. The third-order valence-corrected chi connectivity index (χ3v) is 5.81. The zero-order chi connectivity index (χ0) is 13.3. The second-order valence-electron chi connectivity index (χ2n) is 4.40. The molecular weight excluding hydrogens is 276 g/mol. The van der Waals surface area contributed by atoms with Crippen molar-refractivity contribution in [2.75, 3.05) is 0 Å². The Morgan fingerprint density at radius 1 is 1.28 bits per heavy atom. The summed E-state index contributed by atoms with van der Waals surface area (Å²) in [6, 6.07) is 3.80. The van der Waals surface area contributed by atoms with Crippen LogP contribution in [0.25, 0.3) is 0 Å². The van der Waals surface area contributed by atoms with E-state index in [1.165, 1.54) is 18.2 Å². The predicted molar refractivity (Wildman–Crippen MR) is 67.9 cm³/mol. The molecule has 18 heavy (non-hydrogen) atoms. The van der Waals surface area contributed by atoms with Crippen molar-refractivity contribution >= 4 is 27.4 Å². The molecule has 1 aromatic rings. The fourth-order valence-corrected chi connectivity index (χ4v) is 4.44. The van der Waals surface area contributed by atoms with Crippen LogP contribution in [0.3, 0.4) is 0 Å². The maximum Gasteiger partial charge on any atom is 0.337 e. The van der Waals surface area contributed by atoms with Gasteiger partial charge in [0.1, 0.15) is 0 Å². The summed E-state index contributed by atoms with van der Waals surface area (Å²) in [6.45, 7) is 0. The number of hydrogen-bond acceptors (Lipinski definition) is 3. The van der Waals surface area contributed by atoms with Crippen molar-refractivity contribution in [3.63, 3.8) is 0 Å². The third-order valence-electron chi connectivity index (χ3n) is 3.24. The van der Waals surface area contributed by atoms with E-state index in [0.717, 1.165) is 12.8 Å². The zero-order valence-corrected chi connectivity index (χ0v) is 11.2. The number of benzene rings is 1. The Morgan fingerprint density at radius 3 is 2.39 bits per heavy atom. The molecular formula is C12H13ClO4S. The molecule has 4 nitrogen and oxygen atoms in total. The molecule has 0 aromatic heterocycles. The van der Waals surface area contributed by atoms with Gasteiger partial charge in [0, 0.05) is 0 Å². The summed E-state index contributed by atoms with van der Waals surface area (Å²) in [5.41, 5.74) is -0.0814. The summed E-state index contributed by atoms with van der Waals surface area (Å²) >= 11 is 5.79. The minimum absolute atomic E-state index is 0.0402. The lowest BCUT2D eigenvalue weighted by atomic mass is 10.2. The van der Waals surface area contributed by atoms with Crippen LogP contribution in [0.1, 0.15) is 36.0 Å². The van der Waals surface area contributed by atoms with Crippen molar-refractivity contribution in [2.45, 2.75) is 35.8 Å². The average Bonchev–Trinajstić information content (AvgIpc) is 2.82. The first kappa shape index (κ1) is 13.4. The highest BCUT2D eigenvalue weighted by molar-refractivity contribution is 7.92. The number of carboxylic acid groups (broad SMARTS) is 1. The van der Waals surface area contributed by atoms with Crippen molar-refractivity contribution in [1.29, 1.82) is 0 Å². The van der Waals surface area contributed by atoms with Gasteiger partial charge in [0.25, 0.3) is 0 Å². The molecule has 1 aliphatic carbocycles. The summed E-state index contributed by atoms with van der Waals surface area (Å²) in [5, 5.41) is 8.44. The predicted octanol–water partition coefficient (Wildman–Crippen LogP) is 2.75. The molecule has 1 saturated carbocycles. The fourth-order valence-electron chi connectivity index (χ4n) is 2.24. The van der Waals surface area contributed by atoms with Gasteiger partial charge < -0.3 is 5.11 Å². The third kappa shape index (κ3) is 2.37. The highest BCUT2D eigenvalue weighted by Gasteiger charge is 2.30. The van der Waals surface area contributed by atoms with Crippen LogP contribution in [-0.2, 0) is 9.84 Å². The van der Waals surface area contributed by atoms with Gasteiger partial charge in [-0.25, -0.2) is 13.2 Å². The Hall–Kier alpha value is -1.07. The van der Waals surface area contributed by atoms with Gasteiger partial charge in [0.15, 0.2) is 9.84 Å². The van der Waals surface area contributed by atoms with E-state index in [2.05, 4.69) is 0 Å². The summed E-state index contributed by atoms with van der Waals surface area (Å²) in [6.07, 6.45) is 3.18. The van der Waals surface area contributed by atoms with Gasteiger partial charge >= 0.3 is 5.97 Å². The second kappa shape index (κ2) is 4.90. The second-order valence-corrected chi connectivity index (χ2v) is 7.03. The van der Waals surface area contributed by atoms with Gasteiger partial charge in [-0.2, -0.15) is 0 Å². The number of carbonyl (C=O) groups is 1. The molecule has 6 heteroatoms. The minimum atomic E-state index is -3.38. The molecule has 0 unspecified atom stereocenters. The van der Waals surface area contributed by atoms with E-state index < -0.39 is 15.8 Å². The lowest BCUT2D eigenvalue weighted by molar-refractivity contribution is 0.0697. The number of sulfone groups is 1. The van der Waals surface area contributed by atoms with Crippen LogP contribution in [0.15, 0.2) is 23.1 Å². The van der Waals surface area contributed by atoms with Crippen LogP contribution < -0.4 is 0 Å². The largest absolute Gasteiger partial charge is 0.478 e. The molecule has 98 valence electrons. The van der Waals surface area contributed by atoms with E-state index in [0.29, 0.717) is 12.8 Å². The summed E-state index contributed by atoms with van der Waals surface area (Å²) in [7, 11) is -3.38. The molecule has 1 fully saturated rings. The van der Waals surface area contributed by atoms with Crippen molar-refractivity contribution in [1.82, 2.24) is 0 Å². The van der Waals surface area contributed by atoms with Crippen LogP contribution >= 0.6 is 11.6 Å². The Bertz CT molecular complexity index is 574. The first-order chi connectivity index (χ1) is 8.43. The number of hydrogen-bond donors (Lipinski definition) is 1. The van der Waals surface area contributed by atoms with Gasteiger partial charge in [-0.1, -0.05) is 24.4 Å². The molecule has 0 aliphatic heterocycles. The van der Waals surface area contributed by atoms with Gasteiger partial charge in [0.2, 0.25) is 0 Å². The summed E-state index contributed by atoms with van der Waals surface area (Å²) in [5.74, 6) is -1.16. The molecule has 0 bridgehead atoms. The van der Waals surface area contributed by atoms with E-state index in [9.17, 15) is 13.2 Å². The Kier molecular flexibility index (Phi) is 3.64. The Morgan fingerprint density at radius 2 is 1.89 bits per heavy atom. The van der Waals surface area contributed by atoms with Crippen LogP contribution in [0.4, 0.5) is 0 Å². The molecule has 0 heterocycles. The first-order valence-electron chi connectivity index (χ1n) is 5.69. The molecule has 1 aromatic carbocycles. The molecule has 1 N–H and O–H groups in total.